The van der Waals surface area contributed by atoms with E-state index in [-0.39, 0.29) is 23.2 Å². The van der Waals surface area contributed by atoms with Crippen molar-refractivity contribution >= 4 is 49.1 Å². The molecule has 2 aromatic carbocycles. The first-order valence-corrected chi connectivity index (χ1v) is 10.9. The van der Waals surface area contributed by atoms with Gasteiger partial charge in [-0.1, -0.05) is 27.5 Å². The van der Waals surface area contributed by atoms with Crippen molar-refractivity contribution in [2.75, 3.05) is 19.0 Å². The fraction of sp³-hybridized carbons (Fsp3) is 0.278. The molecule has 0 aliphatic rings. The zero-order valence-electron chi connectivity index (χ0n) is 15.5. The molecule has 2 rings (SSSR count). The van der Waals surface area contributed by atoms with Gasteiger partial charge in [-0.2, -0.15) is 0 Å². The van der Waals surface area contributed by atoms with Gasteiger partial charge < -0.3 is 14.8 Å². The summed E-state index contributed by atoms with van der Waals surface area (Å²) >= 11 is 9.34. The normalized spacial score (nSPS) is 11.4. The first-order valence-electron chi connectivity index (χ1n) is 8.20. The van der Waals surface area contributed by atoms with E-state index in [0.717, 1.165) is 4.47 Å². The zero-order chi connectivity index (χ0) is 20.9. The van der Waals surface area contributed by atoms with E-state index < -0.39 is 15.9 Å². The number of amides is 1. The van der Waals surface area contributed by atoms with Crippen molar-refractivity contribution in [2.45, 2.75) is 24.8 Å². The molecule has 28 heavy (non-hydrogen) atoms. The van der Waals surface area contributed by atoms with Crippen LogP contribution in [0.1, 0.15) is 13.8 Å². The molecule has 0 aliphatic heterocycles. The van der Waals surface area contributed by atoms with Crippen molar-refractivity contribution in [1.29, 1.82) is 0 Å². The van der Waals surface area contributed by atoms with Crippen LogP contribution in [0.4, 0.5) is 5.69 Å². The van der Waals surface area contributed by atoms with Crippen LogP contribution in [-0.2, 0) is 14.8 Å². The maximum absolute atomic E-state index is 12.3. The molecule has 0 saturated heterocycles. The van der Waals surface area contributed by atoms with Crippen LogP contribution in [0.5, 0.6) is 11.5 Å². The van der Waals surface area contributed by atoms with E-state index in [0.29, 0.717) is 16.5 Å². The lowest BCUT2D eigenvalue weighted by atomic mass is 10.3. The van der Waals surface area contributed by atoms with E-state index in [4.69, 9.17) is 21.1 Å². The number of sulfonamides is 1. The summed E-state index contributed by atoms with van der Waals surface area (Å²) in [7, 11) is -2.30. The maximum atomic E-state index is 12.3. The SMILES string of the molecule is COc1ccc(S(=O)(=O)NC(C)C)cc1NC(=O)COc1ccc(Br)cc1Cl. The first kappa shape index (κ1) is 22.5. The average molecular weight is 492 g/mol. The van der Waals surface area contributed by atoms with Gasteiger partial charge in [-0.15, -0.1) is 0 Å². The van der Waals surface area contributed by atoms with Crippen molar-refractivity contribution in [3.8, 4) is 11.5 Å². The van der Waals surface area contributed by atoms with Crippen molar-refractivity contribution in [3.05, 3.63) is 45.9 Å². The number of halogens is 2. The highest BCUT2D eigenvalue weighted by atomic mass is 79.9. The lowest BCUT2D eigenvalue weighted by Crippen LogP contribution is -2.30. The molecule has 0 fully saturated rings. The molecular formula is C18H20BrClN2O5S. The molecule has 10 heteroatoms. The maximum Gasteiger partial charge on any atom is 0.262 e. The molecule has 0 aromatic heterocycles. The zero-order valence-corrected chi connectivity index (χ0v) is 18.6. The second kappa shape index (κ2) is 9.60. The molecule has 0 aliphatic carbocycles. The van der Waals surface area contributed by atoms with Gasteiger partial charge in [0.25, 0.3) is 5.91 Å². The van der Waals surface area contributed by atoms with Crippen LogP contribution in [0.2, 0.25) is 5.02 Å². The topological polar surface area (TPSA) is 93.7 Å². The average Bonchev–Trinajstić information content (AvgIpc) is 2.59. The largest absolute Gasteiger partial charge is 0.495 e. The summed E-state index contributed by atoms with van der Waals surface area (Å²) in [6, 6.07) is 8.94. The predicted molar refractivity (Wildman–Crippen MR) is 112 cm³/mol. The Balaban J connectivity index is 2.15. The van der Waals surface area contributed by atoms with Gasteiger partial charge in [-0.05, 0) is 50.2 Å². The molecule has 2 N–H and O–H groups in total. The van der Waals surface area contributed by atoms with Gasteiger partial charge in [0.2, 0.25) is 10.0 Å². The van der Waals surface area contributed by atoms with E-state index >= 15 is 0 Å². The number of hydrogen-bond donors (Lipinski definition) is 2. The summed E-state index contributed by atoms with van der Waals surface area (Å²) in [6.45, 7) is 3.12. The third-order valence-corrected chi connectivity index (χ3v) is 5.84. The second-order valence-electron chi connectivity index (χ2n) is 6.05. The molecule has 0 radical (unpaired) electrons. The minimum Gasteiger partial charge on any atom is -0.495 e. The summed E-state index contributed by atoms with van der Waals surface area (Å²) in [5.41, 5.74) is 0.213. The van der Waals surface area contributed by atoms with E-state index in [1.807, 2.05) is 0 Å². The molecule has 0 saturated carbocycles. The molecule has 0 unspecified atom stereocenters. The quantitative estimate of drug-likeness (QED) is 0.585. The lowest BCUT2D eigenvalue weighted by Gasteiger charge is -2.14. The Labute approximate surface area is 177 Å². The molecule has 1 amide bonds. The number of rotatable bonds is 8. The van der Waals surface area contributed by atoms with E-state index in [9.17, 15) is 13.2 Å². The smallest absolute Gasteiger partial charge is 0.262 e. The fourth-order valence-corrected chi connectivity index (χ4v) is 4.26. The Morgan fingerprint density at radius 1 is 1.18 bits per heavy atom. The van der Waals surface area contributed by atoms with Crippen LogP contribution < -0.4 is 19.5 Å². The van der Waals surface area contributed by atoms with E-state index in [1.54, 1.807) is 32.0 Å². The van der Waals surface area contributed by atoms with Crippen molar-refractivity contribution < 1.29 is 22.7 Å². The molecule has 2 aromatic rings. The second-order valence-corrected chi connectivity index (χ2v) is 9.09. The minimum absolute atomic E-state index is 0.00849. The molecule has 0 atom stereocenters. The van der Waals surface area contributed by atoms with Gasteiger partial charge in [0, 0.05) is 10.5 Å². The Bertz CT molecular complexity index is 966. The van der Waals surface area contributed by atoms with Gasteiger partial charge in [0.1, 0.15) is 11.5 Å². The third-order valence-electron chi connectivity index (χ3n) is 3.40. The number of ether oxygens (including phenoxy) is 2. The minimum atomic E-state index is -3.72. The molecule has 0 bridgehead atoms. The molecule has 7 nitrogen and oxygen atoms in total. The summed E-state index contributed by atoms with van der Waals surface area (Å²) in [5.74, 6) is 0.173. The number of carbonyl (C=O) groups is 1. The summed E-state index contributed by atoms with van der Waals surface area (Å²) in [6.07, 6.45) is 0. The van der Waals surface area contributed by atoms with Gasteiger partial charge in [-0.25, -0.2) is 13.1 Å². The predicted octanol–water partition coefficient (Wildman–Crippen LogP) is 3.82. The van der Waals surface area contributed by atoms with Crippen molar-refractivity contribution in [2.24, 2.45) is 0 Å². The molecule has 0 spiro atoms. The number of carbonyl (C=O) groups excluding carboxylic acids is 1. The van der Waals surface area contributed by atoms with Crippen LogP contribution in [0.25, 0.3) is 0 Å². The number of methoxy groups -OCH3 is 1. The monoisotopic (exact) mass is 490 g/mol. The van der Waals surface area contributed by atoms with Crippen LogP contribution in [0.3, 0.4) is 0 Å². The summed E-state index contributed by atoms with van der Waals surface area (Å²) < 4.78 is 38.6. The van der Waals surface area contributed by atoms with E-state index in [1.165, 1.54) is 25.3 Å². The van der Waals surface area contributed by atoms with Gasteiger partial charge in [-0.3, -0.25) is 4.79 Å². The van der Waals surface area contributed by atoms with Crippen LogP contribution in [0.15, 0.2) is 45.8 Å². The molecule has 0 heterocycles. The first-order chi connectivity index (χ1) is 13.1. The number of anilines is 1. The van der Waals surface area contributed by atoms with Crippen LogP contribution >= 0.6 is 27.5 Å². The molecular weight excluding hydrogens is 472 g/mol. The number of nitrogens with one attached hydrogen (secondary N) is 2. The Hall–Kier alpha value is -1.81. The molecule has 152 valence electrons. The highest BCUT2D eigenvalue weighted by molar-refractivity contribution is 9.10. The Kier molecular flexibility index (Phi) is 7.70. The van der Waals surface area contributed by atoms with Crippen LogP contribution in [0, 0.1) is 0 Å². The third kappa shape index (κ3) is 6.10. The Morgan fingerprint density at radius 3 is 2.46 bits per heavy atom. The fourth-order valence-electron chi connectivity index (χ4n) is 2.25. The van der Waals surface area contributed by atoms with Crippen molar-refractivity contribution in [1.82, 2.24) is 4.72 Å². The van der Waals surface area contributed by atoms with Gasteiger partial charge >= 0.3 is 0 Å². The van der Waals surface area contributed by atoms with Gasteiger partial charge in [0.15, 0.2) is 6.61 Å². The summed E-state index contributed by atoms with van der Waals surface area (Å²) in [4.78, 5) is 12.3. The van der Waals surface area contributed by atoms with Crippen LogP contribution in [-0.4, -0.2) is 34.1 Å². The Morgan fingerprint density at radius 2 is 1.86 bits per heavy atom. The van der Waals surface area contributed by atoms with Crippen molar-refractivity contribution in [3.63, 3.8) is 0 Å². The van der Waals surface area contributed by atoms with E-state index in [2.05, 4.69) is 26.0 Å². The lowest BCUT2D eigenvalue weighted by molar-refractivity contribution is -0.118. The summed E-state index contributed by atoms with van der Waals surface area (Å²) in [5, 5.41) is 2.95. The standard InChI is InChI=1S/C18H20BrClN2O5S/c1-11(2)22-28(24,25)13-5-7-17(26-3)15(9-13)21-18(23)10-27-16-6-4-12(19)8-14(16)20/h4-9,11,22H,10H2,1-3H3,(H,21,23). The van der Waals surface area contributed by atoms with Gasteiger partial charge in [0.05, 0.1) is 22.7 Å². The number of hydrogen-bond acceptors (Lipinski definition) is 5. The highest BCUT2D eigenvalue weighted by Gasteiger charge is 2.18. The highest BCUT2D eigenvalue weighted by Crippen LogP contribution is 2.29. The number of benzene rings is 2.